The molecule has 1 saturated heterocycles. The fraction of sp³-hybridized carbons (Fsp3) is 0.333. The maximum Gasteiger partial charge on any atom is 0.244 e. The average Bonchev–Trinajstić information content (AvgIpc) is 2.70. The molecule has 0 aliphatic carbocycles. The number of nitrogens with zero attached hydrogens (tertiary/aromatic N) is 3. The second kappa shape index (κ2) is 8.80. The summed E-state index contributed by atoms with van der Waals surface area (Å²) in [6.07, 6.45) is 1.24. The molecule has 1 aromatic carbocycles. The van der Waals surface area contributed by atoms with Crippen molar-refractivity contribution in [3.63, 3.8) is 0 Å². The number of anilines is 2. The fourth-order valence-electron chi connectivity index (χ4n) is 2.76. The Balaban J connectivity index is 1.56. The Morgan fingerprint density at radius 2 is 1.83 bits per heavy atom. The quantitative estimate of drug-likeness (QED) is 0.726. The molecule has 8 nitrogen and oxygen atoms in total. The molecule has 29 heavy (non-hydrogen) atoms. The summed E-state index contributed by atoms with van der Waals surface area (Å²) in [5.41, 5.74) is 0.122. The molecule has 0 saturated carbocycles. The number of hydrogen-bond acceptors (Lipinski definition) is 6. The third-order valence-electron chi connectivity index (χ3n) is 4.47. The Hall–Kier alpha value is -2.63. The zero-order valence-electron chi connectivity index (χ0n) is 15.7. The highest BCUT2D eigenvalue weighted by molar-refractivity contribution is 7.89. The van der Waals surface area contributed by atoms with Crippen LogP contribution < -0.4 is 10.6 Å². The molecule has 0 unspecified atom stereocenters. The molecule has 2 N–H and O–H groups in total. The number of piperazine rings is 1. The molecule has 0 atom stereocenters. The van der Waals surface area contributed by atoms with E-state index in [0.29, 0.717) is 32.0 Å². The van der Waals surface area contributed by atoms with Crippen molar-refractivity contribution >= 4 is 27.4 Å². The normalized spacial score (nSPS) is 15.8. The van der Waals surface area contributed by atoms with Gasteiger partial charge in [0.15, 0.2) is 11.6 Å². The van der Waals surface area contributed by atoms with Gasteiger partial charge in [0.2, 0.25) is 15.9 Å². The highest BCUT2D eigenvalue weighted by atomic mass is 32.2. The molecule has 1 aliphatic rings. The average molecular weight is 425 g/mol. The number of nitrogens with one attached hydrogen (secondary N) is 2. The predicted molar refractivity (Wildman–Crippen MR) is 104 cm³/mol. The van der Waals surface area contributed by atoms with Crippen molar-refractivity contribution in [2.45, 2.75) is 4.90 Å². The van der Waals surface area contributed by atoms with E-state index in [0.717, 1.165) is 12.1 Å². The molecular weight excluding hydrogens is 404 g/mol. The Kier molecular flexibility index (Phi) is 6.40. The van der Waals surface area contributed by atoms with Gasteiger partial charge in [0.05, 0.1) is 6.54 Å². The van der Waals surface area contributed by atoms with E-state index >= 15 is 0 Å². The Bertz CT molecular complexity index is 977. The number of benzene rings is 1. The Morgan fingerprint density at radius 1 is 1.10 bits per heavy atom. The van der Waals surface area contributed by atoms with Crippen molar-refractivity contribution in [1.82, 2.24) is 14.2 Å². The molecular formula is C18H21F2N5O3S. The van der Waals surface area contributed by atoms with E-state index < -0.39 is 27.6 Å². The summed E-state index contributed by atoms with van der Waals surface area (Å²) in [7, 11) is -1.67. The first-order valence-electron chi connectivity index (χ1n) is 8.89. The lowest BCUT2D eigenvalue weighted by atomic mass is 10.3. The van der Waals surface area contributed by atoms with Gasteiger partial charge in [-0.2, -0.15) is 4.31 Å². The van der Waals surface area contributed by atoms with Crippen LogP contribution in [-0.4, -0.2) is 68.3 Å². The maximum absolute atomic E-state index is 13.2. The van der Waals surface area contributed by atoms with E-state index in [1.165, 1.54) is 28.7 Å². The first-order chi connectivity index (χ1) is 13.8. The van der Waals surface area contributed by atoms with E-state index in [4.69, 9.17) is 0 Å². The monoisotopic (exact) mass is 425 g/mol. The topological polar surface area (TPSA) is 94.6 Å². The summed E-state index contributed by atoms with van der Waals surface area (Å²) in [5.74, 6) is -2.25. The SMILES string of the molecule is CN1CCN(S(=O)(=O)c2ccc(NCC(=O)Nc3ccc(F)c(F)c3)nc2)CC1. The molecule has 1 aliphatic heterocycles. The number of rotatable bonds is 6. The smallest absolute Gasteiger partial charge is 0.244 e. The lowest BCUT2D eigenvalue weighted by Crippen LogP contribution is -2.47. The van der Waals surface area contributed by atoms with Crippen LogP contribution in [0.2, 0.25) is 0 Å². The number of pyridine rings is 1. The standard InChI is InChI=1S/C18H21F2N5O3S/c1-24-6-8-25(9-7-24)29(27,28)14-3-5-17(21-11-14)22-12-18(26)23-13-2-4-15(19)16(20)10-13/h2-5,10-11H,6-9,12H2,1H3,(H,21,22)(H,23,26). The zero-order chi connectivity index (χ0) is 21.0. The molecule has 11 heteroatoms. The van der Waals surface area contributed by atoms with Gasteiger partial charge >= 0.3 is 0 Å². The van der Waals surface area contributed by atoms with Crippen LogP contribution in [0, 0.1) is 11.6 Å². The van der Waals surface area contributed by atoms with E-state index in [-0.39, 0.29) is 17.1 Å². The number of aromatic nitrogens is 1. The first kappa shape index (κ1) is 21.1. The summed E-state index contributed by atoms with van der Waals surface area (Å²) in [6, 6.07) is 5.93. The number of amides is 1. The summed E-state index contributed by atoms with van der Waals surface area (Å²) in [4.78, 5) is 18.1. The molecule has 1 aromatic heterocycles. The minimum absolute atomic E-state index is 0.0823. The van der Waals surface area contributed by atoms with Gasteiger partial charge < -0.3 is 15.5 Å². The van der Waals surface area contributed by atoms with Crippen LogP contribution in [0.4, 0.5) is 20.3 Å². The van der Waals surface area contributed by atoms with Gasteiger partial charge in [0.25, 0.3) is 0 Å². The van der Waals surface area contributed by atoms with Crippen molar-refractivity contribution in [1.29, 1.82) is 0 Å². The van der Waals surface area contributed by atoms with Gasteiger partial charge in [-0.1, -0.05) is 0 Å². The summed E-state index contributed by atoms with van der Waals surface area (Å²) >= 11 is 0. The van der Waals surface area contributed by atoms with Crippen molar-refractivity contribution in [3.05, 3.63) is 48.2 Å². The van der Waals surface area contributed by atoms with Gasteiger partial charge in [-0.05, 0) is 31.3 Å². The minimum Gasteiger partial charge on any atom is -0.361 e. The van der Waals surface area contributed by atoms with Crippen LogP contribution in [0.25, 0.3) is 0 Å². The first-order valence-corrected chi connectivity index (χ1v) is 10.3. The van der Waals surface area contributed by atoms with Crippen molar-refractivity contribution in [3.8, 4) is 0 Å². The maximum atomic E-state index is 13.2. The molecule has 0 radical (unpaired) electrons. The van der Waals surface area contributed by atoms with Crippen LogP contribution in [0.15, 0.2) is 41.4 Å². The van der Waals surface area contributed by atoms with Crippen molar-refractivity contribution in [2.24, 2.45) is 0 Å². The lowest BCUT2D eigenvalue weighted by Gasteiger charge is -2.31. The number of hydrogen-bond donors (Lipinski definition) is 2. The minimum atomic E-state index is -3.61. The molecule has 0 bridgehead atoms. The predicted octanol–water partition coefficient (Wildman–Crippen LogP) is 1.35. The van der Waals surface area contributed by atoms with Crippen LogP contribution >= 0.6 is 0 Å². The Labute approximate surface area is 167 Å². The molecule has 0 spiro atoms. The summed E-state index contributed by atoms with van der Waals surface area (Å²) in [6.45, 7) is 1.99. The summed E-state index contributed by atoms with van der Waals surface area (Å²) < 4.78 is 52.8. The van der Waals surface area contributed by atoms with Crippen LogP contribution in [0.3, 0.4) is 0 Å². The molecule has 1 fully saturated rings. The van der Waals surface area contributed by atoms with Gasteiger partial charge in [0.1, 0.15) is 10.7 Å². The molecule has 1 amide bonds. The second-order valence-electron chi connectivity index (χ2n) is 6.62. The molecule has 156 valence electrons. The van der Waals surface area contributed by atoms with E-state index in [1.807, 2.05) is 7.05 Å². The Morgan fingerprint density at radius 3 is 2.45 bits per heavy atom. The van der Waals surface area contributed by atoms with Crippen LogP contribution in [0.1, 0.15) is 0 Å². The number of sulfonamides is 1. The largest absolute Gasteiger partial charge is 0.361 e. The second-order valence-corrected chi connectivity index (χ2v) is 8.56. The molecule has 2 aromatic rings. The number of likely N-dealkylation sites (N-methyl/N-ethyl adjacent to an activating group) is 1. The van der Waals surface area contributed by atoms with Gasteiger partial charge in [-0.15, -0.1) is 0 Å². The third kappa shape index (κ3) is 5.25. The van der Waals surface area contributed by atoms with Gasteiger partial charge in [0, 0.05) is 44.1 Å². The van der Waals surface area contributed by atoms with Gasteiger partial charge in [-0.3, -0.25) is 4.79 Å². The number of halogens is 2. The van der Waals surface area contributed by atoms with Crippen molar-refractivity contribution in [2.75, 3.05) is 50.4 Å². The lowest BCUT2D eigenvalue weighted by molar-refractivity contribution is -0.114. The van der Waals surface area contributed by atoms with Crippen molar-refractivity contribution < 1.29 is 22.0 Å². The third-order valence-corrected chi connectivity index (χ3v) is 6.35. The van der Waals surface area contributed by atoms with Crippen LogP contribution in [0.5, 0.6) is 0 Å². The zero-order valence-corrected chi connectivity index (χ0v) is 16.5. The number of carbonyl (C=O) groups is 1. The number of carbonyl (C=O) groups excluding carboxylic acids is 1. The van der Waals surface area contributed by atoms with E-state index in [9.17, 15) is 22.0 Å². The van der Waals surface area contributed by atoms with Crippen LogP contribution in [-0.2, 0) is 14.8 Å². The highest BCUT2D eigenvalue weighted by Gasteiger charge is 2.27. The van der Waals surface area contributed by atoms with E-state index in [1.54, 1.807) is 0 Å². The van der Waals surface area contributed by atoms with Gasteiger partial charge in [-0.25, -0.2) is 22.2 Å². The highest BCUT2D eigenvalue weighted by Crippen LogP contribution is 2.18. The molecule has 2 heterocycles. The molecule has 3 rings (SSSR count). The van der Waals surface area contributed by atoms with E-state index in [2.05, 4.69) is 20.5 Å². The fourth-order valence-corrected chi connectivity index (χ4v) is 4.13. The summed E-state index contributed by atoms with van der Waals surface area (Å²) in [5, 5.41) is 5.17.